The molecule has 3 rings (SSSR count). The van der Waals surface area contributed by atoms with Gasteiger partial charge in [0.05, 0.1) is 13.5 Å². The van der Waals surface area contributed by atoms with Crippen LogP contribution in [0.3, 0.4) is 0 Å². The molecule has 0 saturated heterocycles. The Balaban J connectivity index is 1.55. The van der Waals surface area contributed by atoms with Gasteiger partial charge >= 0.3 is 5.97 Å². The van der Waals surface area contributed by atoms with Crippen molar-refractivity contribution in [3.63, 3.8) is 0 Å². The largest absolute Gasteiger partial charge is 0.469 e. The molecule has 0 heterocycles. The molecule has 2 saturated carbocycles. The Kier molecular flexibility index (Phi) is 4.82. The first-order valence-electron chi connectivity index (χ1n) is 8.59. The summed E-state index contributed by atoms with van der Waals surface area (Å²) in [6.07, 6.45) is 7.72. The van der Waals surface area contributed by atoms with Crippen molar-refractivity contribution in [1.82, 2.24) is 5.32 Å². The Labute approximate surface area is 133 Å². The predicted octanol–water partition coefficient (Wildman–Crippen LogP) is 3.65. The van der Waals surface area contributed by atoms with Crippen molar-refractivity contribution in [2.45, 2.75) is 56.4 Å². The Morgan fingerprint density at radius 2 is 1.95 bits per heavy atom. The van der Waals surface area contributed by atoms with Crippen molar-refractivity contribution in [1.29, 1.82) is 0 Å². The van der Waals surface area contributed by atoms with Gasteiger partial charge in [-0.3, -0.25) is 4.79 Å². The quantitative estimate of drug-likeness (QED) is 0.815. The summed E-state index contributed by atoms with van der Waals surface area (Å²) in [5, 5.41) is 3.76. The molecule has 0 aromatic heterocycles. The molecular weight excluding hydrogens is 274 g/mol. The number of methoxy groups -OCH3 is 1. The third kappa shape index (κ3) is 3.70. The van der Waals surface area contributed by atoms with Crippen LogP contribution >= 0.6 is 0 Å². The number of hydrogen-bond donors (Lipinski definition) is 1. The molecule has 0 bridgehead atoms. The SMILES string of the molecule is COC(=O)CC1(NC[C@H]2C[C@@H]2c2ccccc2)CCCCC1. The average molecular weight is 301 g/mol. The standard InChI is InChI=1S/C19H27NO2/c1-22-18(21)13-19(10-6-3-7-11-19)20-14-16-12-17(16)15-8-4-2-5-9-15/h2,4-5,8-9,16-17,20H,3,6-7,10-14H2,1H3/t16-,17-/m1/s1. The average Bonchev–Trinajstić information content (AvgIpc) is 3.34. The molecule has 2 atom stereocenters. The van der Waals surface area contributed by atoms with E-state index in [1.54, 1.807) is 0 Å². The van der Waals surface area contributed by atoms with E-state index in [0.29, 0.717) is 12.3 Å². The van der Waals surface area contributed by atoms with Gasteiger partial charge in [0.15, 0.2) is 0 Å². The van der Waals surface area contributed by atoms with E-state index in [0.717, 1.165) is 25.3 Å². The van der Waals surface area contributed by atoms with E-state index in [1.165, 1.54) is 38.4 Å². The van der Waals surface area contributed by atoms with Crippen molar-refractivity contribution >= 4 is 5.97 Å². The third-order valence-corrected chi connectivity index (χ3v) is 5.41. The second-order valence-electron chi connectivity index (χ2n) is 6.99. The topological polar surface area (TPSA) is 38.3 Å². The summed E-state index contributed by atoms with van der Waals surface area (Å²) in [4.78, 5) is 11.8. The molecular formula is C19H27NO2. The first-order valence-corrected chi connectivity index (χ1v) is 8.59. The molecule has 120 valence electrons. The van der Waals surface area contributed by atoms with Gasteiger partial charge in [0.1, 0.15) is 0 Å². The maximum atomic E-state index is 11.8. The molecule has 0 radical (unpaired) electrons. The van der Waals surface area contributed by atoms with Crippen LogP contribution < -0.4 is 5.32 Å². The second kappa shape index (κ2) is 6.82. The summed E-state index contributed by atoms with van der Waals surface area (Å²) >= 11 is 0. The zero-order chi connectivity index (χ0) is 15.4. The molecule has 2 aliphatic rings. The maximum absolute atomic E-state index is 11.8. The fraction of sp³-hybridized carbons (Fsp3) is 0.632. The molecule has 1 aromatic rings. The van der Waals surface area contributed by atoms with Crippen LogP contribution in [0, 0.1) is 5.92 Å². The molecule has 0 aliphatic heterocycles. The van der Waals surface area contributed by atoms with Crippen LogP contribution in [0.4, 0.5) is 0 Å². The second-order valence-corrected chi connectivity index (χ2v) is 6.99. The van der Waals surface area contributed by atoms with Gasteiger partial charge in [0, 0.05) is 5.54 Å². The number of carbonyl (C=O) groups is 1. The number of ether oxygens (including phenoxy) is 1. The Morgan fingerprint density at radius 1 is 1.23 bits per heavy atom. The lowest BCUT2D eigenvalue weighted by Gasteiger charge is -2.37. The highest BCUT2D eigenvalue weighted by molar-refractivity contribution is 5.70. The van der Waals surface area contributed by atoms with Crippen molar-refractivity contribution in [3.8, 4) is 0 Å². The van der Waals surface area contributed by atoms with E-state index in [9.17, 15) is 4.79 Å². The smallest absolute Gasteiger partial charge is 0.307 e. The van der Waals surface area contributed by atoms with Gasteiger partial charge in [-0.05, 0) is 43.2 Å². The van der Waals surface area contributed by atoms with Gasteiger partial charge in [-0.2, -0.15) is 0 Å². The molecule has 0 unspecified atom stereocenters. The molecule has 1 N–H and O–H groups in total. The van der Waals surface area contributed by atoms with Crippen molar-refractivity contribution in [3.05, 3.63) is 35.9 Å². The molecule has 3 nitrogen and oxygen atoms in total. The number of hydrogen-bond acceptors (Lipinski definition) is 3. The van der Waals surface area contributed by atoms with Gasteiger partial charge < -0.3 is 10.1 Å². The van der Waals surface area contributed by atoms with Crippen molar-refractivity contribution in [2.75, 3.05) is 13.7 Å². The molecule has 2 fully saturated rings. The highest BCUT2D eigenvalue weighted by Gasteiger charge is 2.41. The zero-order valence-electron chi connectivity index (χ0n) is 13.5. The molecule has 0 amide bonds. The van der Waals surface area contributed by atoms with Gasteiger partial charge in [-0.15, -0.1) is 0 Å². The van der Waals surface area contributed by atoms with Crippen LogP contribution in [0.2, 0.25) is 0 Å². The monoisotopic (exact) mass is 301 g/mol. The molecule has 1 aromatic carbocycles. The fourth-order valence-corrected chi connectivity index (χ4v) is 3.92. The minimum absolute atomic E-state index is 0.0187. The van der Waals surface area contributed by atoms with Crippen LogP contribution in [0.25, 0.3) is 0 Å². The van der Waals surface area contributed by atoms with E-state index in [4.69, 9.17) is 4.74 Å². The fourth-order valence-electron chi connectivity index (χ4n) is 3.92. The summed E-state index contributed by atoms with van der Waals surface area (Å²) in [5.74, 6) is 1.34. The van der Waals surface area contributed by atoms with Gasteiger partial charge in [0.25, 0.3) is 0 Å². The van der Waals surface area contributed by atoms with Crippen molar-refractivity contribution < 1.29 is 9.53 Å². The predicted molar refractivity (Wildman–Crippen MR) is 87.7 cm³/mol. The van der Waals surface area contributed by atoms with E-state index in [-0.39, 0.29) is 11.5 Å². The minimum atomic E-state index is -0.0789. The lowest BCUT2D eigenvalue weighted by molar-refractivity contribution is -0.142. The Bertz CT molecular complexity index is 493. The highest BCUT2D eigenvalue weighted by atomic mass is 16.5. The van der Waals surface area contributed by atoms with E-state index in [2.05, 4.69) is 35.6 Å². The van der Waals surface area contributed by atoms with Gasteiger partial charge in [-0.1, -0.05) is 49.6 Å². The first-order chi connectivity index (χ1) is 10.7. The lowest BCUT2D eigenvalue weighted by atomic mass is 9.79. The number of benzene rings is 1. The van der Waals surface area contributed by atoms with Gasteiger partial charge in [0.2, 0.25) is 0 Å². The Morgan fingerprint density at radius 3 is 2.64 bits per heavy atom. The van der Waals surface area contributed by atoms with Gasteiger partial charge in [-0.25, -0.2) is 0 Å². The van der Waals surface area contributed by atoms with E-state index in [1.807, 2.05) is 0 Å². The van der Waals surface area contributed by atoms with Crippen molar-refractivity contribution in [2.24, 2.45) is 5.92 Å². The highest BCUT2D eigenvalue weighted by Crippen LogP contribution is 2.47. The summed E-state index contributed by atoms with van der Waals surface area (Å²) in [6, 6.07) is 10.8. The summed E-state index contributed by atoms with van der Waals surface area (Å²) in [6.45, 7) is 1.02. The lowest BCUT2D eigenvalue weighted by Crippen LogP contribution is -2.49. The van der Waals surface area contributed by atoms with Crippen LogP contribution in [0.1, 0.15) is 56.4 Å². The normalized spacial score (nSPS) is 26.4. The van der Waals surface area contributed by atoms with E-state index >= 15 is 0 Å². The van der Waals surface area contributed by atoms with Crippen LogP contribution in [0.15, 0.2) is 30.3 Å². The zero-order valence-corrected chi connectivity index (χ0v) is 13.5. The molecule has 2 aliphatic carbocycles. The summed E-state index contributed by atoms with van der Waals surface area (Å²) in [7, 11) is 1.49. The van der Waals surface area contributed by atoms with E-state index < -0.39 is 0 Å². The molecule has 3 heteroatoms. The Hall–Kier alpha value is -1.35. The first kappa shape index (κ1) is 15.5. The summed E-state index contributed by atoms with van der Waals surface area (Å²) < 4.78 is 4.91. The number of esters is 1. The number of carbonyl (C=O) groups excluding carboxylic acids is 1. The van der Waals surface area contributed by atoms with Crippen LogP contribution in [-0.2, 0) is 9.53 Å². The molecule has 22 heavy (non-hydrogen) atoms. The third-order valence-electron chi connectivity index (χ3n) is 5.41. The number of nitrogens with one attached hydrogen (secondary N) is 1. The number of rotatable bonds is 6. The van der Waals surface area contributed by atoms with Crippen LogP contribution in [0.5, 0.6) is 0 Å². The van der Waals surface area contributed by atoms with Crippen LogP contribution in [-0.4, -0.2) is 25.2 Å². The minimum Gasteiger partial charge on any atom is -0.469 e. The molecule has 0 spiro atoms. The summed E-state index contributed by atoms with van der Waals surface area (Å²) in [5.41, 5.74) is 1.44. The maximum Gasteiger partial charge on any atom is 0.307 e.